The lowest BCUT2D eigenvalue weighted by atomic mass is 9.87. The average molecular weight is 411 g/mol. The molecule has 0 atom stereocenters. The maximum absolute atomic E-state index is 12.5. The highest BCUT2D eigenvalue weighted by atomic mass is 19.4. The first-order valence-corrected chi connectivity index (χ1v) is 9.40. The second-order valence-electron chi connectivity index (χ2n) is 7.13. The van der Waals surface area contributed by atoms with Crippen molar-refractivity contribution in [2.45, 2.75) is 45.0 Å². The minimum Gasteiger partial charge on any atom is -0.496 e. The summed E-state index contributed by atoms with van der Waals surface area (Å²) in [6.45, 7) is 2.25. The van der Waals surface area contributed by atoms with E-state index in [-0.39, 0.29) is 11.5 Å². The fraction of sp³-hybridized carbons (Fsp3) is 0.500. The molecule has 6 nitrogen and oxygen atoms in total. The molecule has 1 aromatic carbocycles. The van der Waals surface area contributed by atoms with E-state index in [0.717, 1.165) is 37.7 Å². The van der Waals surface area contributed by atoms with Crippen LogP contribution in [0.4, 0.5) is 19.1 Å². The van der Waals surface area contributed by atoms with Crippen LogP contribution in [-0.4, -0.2) is 36.6 Å². The van der Waals surface area contributed by atoms with Gasteiger partial charge in [0.2, 0.25) is 11.8 Å². The Bertz CT molecular complexity index is 837. The van der Waals surface area contributed by atoms with Gasteiger partial charge in [0.15, 0.2) is 0 Å². The number of halogens is 3. The van der Waals surface area contributed by atoms with E-state index >= 15 is 0 Å². The van der Waals surface area contributed by atoms with Gasteiger partial charge in [-0.05, 0) is 43.7 Å². The molecule has 9 heteroatoms. The third kappa shape index (κ3) is 5.42. The molecule has 3 rings (SSSR count). The lowest BCUT2D eigenvalue weighted by Crippen LogP contribution is -2.26. The summed E-state index contributed by atoms with van der Waals surface area (Å²) in [5, 5.41) is 3.34. The molecule has 1 N–H and O–H groups in total. The molecule has 1 aliphatic carbocycles. The number of hydrogen-bond acceptors (Lipinski definition) is 6. The first-order chi connectivity index (χ1) is 13.8. The van der Waals surface area contributed by atoms with Crippen molar-refractivity contribution in [3.8, 4) is 28.5 Å². The van der Waals surface area contributed by atoms with E-state index in [9.17, 15) is 13.2 Å². The summed E-state index contributed by atoms with van der Waals surface area (Å²) < 4.78 is 52.0. The maximum Gasteiger partial charge on any atom is 0.573 e. The van der Waals surface area contributed by atoms with E-state index < -0.39 is 6.36 Å². The highest BCUT2D eigenvalue weighted by Gasteiger charge is 2.31. The summed E-state index contributed by atoms with van der Waals surface area (Å²) in [7, 11) is 2.84. The molecule has 0 amide bonds. The topological polar surface area (TPSA) is 65.5 Å². The SMILES string of the molecule is COc1cc(OC(F)(F)F)ccc1-c1cnc(NC2CCC(C)CC2)nc1OC. The molecular weight excluding hydrogens is 387 g/mol. The van der Waals surface area contributed by atoms with Crippen molar-refractivity contribution in [1.82, 2.24) is 9.97 Å². The molecule has 1 aromatic heterocycles. The Labute approximate surface area is 167 Å². The van der Waals surface area contributed by atoms with Gasteiger partial charge in [-0.2, -0.15) is 4.98 Å². The van der Waals surface area contributed by atoms with Crippen LogP contribution >= 0.6 is 0 Å². The molecule has 1 saturated carbocycles. The molecule has 29 heavy (non-hydrogen) atoms. The zero-order chi connectivity index (χ0) is 21.0. The van der Waals surface area contributed by atoms with Gasteiger partial charge in [0, 0.05) is 23.9 Å². The molecular formula is C20H24F3N3O3. The second kappa shape index (κ2) is 8.75. The lowest BCUT2D eigenvalue weighted by Gasteiger charge is -2.27. The Morgan fingerprint density at radius 1 is 1.03 bits per heavy atom. The molecule has 1 fully saturated rings. The Hall–Kier alpha value is -2.71. The lowest BCUT2D eigenvalue weighted by molar-refractivity contribution is -0.274. The first-order valence-electron chi connectivity index (χ1n) is 9.40. The van der Waals surface area contributed by atoms with Gasteiger partial charge in [-0.3, -0.25) is 0 Å². The average Bonchev–Trinajstić information content (AvgIpc) is 2.68. The van der Waals surface area contributed by atoms with Crippen molar-refractivity contribution in [2.75, 3.05) is 19.5 Å². The van der Waals surface area contributed by atoms with Crippen molar-refractivity contribution in [3.63, 3.8) is 0 Å². The number of nitrogens with one attached hydrogen (secondary N) is 1. The van der Waals surface area contributed by atoms with Crippen molar-refractivity contribution >= 4 is 5.95 Å². The minimum atomic E-state index is -4.78. The normalized spacial score (nSPS) is 19.5. The number of ether oxygens (including phenoxy) is 3. The van der Waals surface area contributed by atoms with E-state index in [0.29, 0.717) is 29.0 Å². The Kier molecular flexibility index (Phi) is 6.34. The molecule has 0 unspecified atom stereocenters. The number of nitrogens with zero attached hydrogens (tertiary/aromatic N) is 2. The standard InChI is InChI=1S/C20H24F3N3O3/c1-12-4-6-13(7-5-12)25-19-24-11-16(18(26-19)28-3)15-9-8-14(10-17(15)27-2)29-20(21,22)23/h8-13H,4-7H2,1-3H3,(H,24,25,26). The highest BCUT2D eigenvalue weighted by Crippen LogP contribution is 2.38. The third-order valence-electron chi connectivity index (χ3n) is 4.99. The molecule has 1 heterocycles. The monoisotopic (exact) mass is 411 g/mol. The number of anilines is 1. The van der Waals surface area contributed by atoms with E-state index in [1.54, 1.807) is 6.20 Å². The number of benzene rings is 1. The number of rotatable bonds is 6. The van der Waals surface area contributed by atoms with Crippen LogP contribution in [0.25, 0.3) is 11.1 Å². The second-order valence-corrected chi connectivity index (χ2v) is 7.13. The van der Waals surface area contributed by atoms with Crippen LogP contribution in [0.2, 0.25) is 0 Å². The van der Waals surface area contributed by atoms with Gasteiger partial charge in [0.1, 0.15) is 11.5 Å². The van der Waals surface area contributed by atoms with Gasteiger partial charge < -0.3 is 19.5 Å². The molecule has 0 aliphatic heterocycles. The highest BCUT2D eigenvalue weighted by molar-refractivity contribution is 5.75. The van der Waals surface area contributed by atoms with Crippen LogP contribution in [-0.2, 0) is 0 Å². The smallest absolute Gasteiger partial charge is 0.496 e. The molecule has 0 radical (unpaired) electrons. The molecule has 1 aliphatic rings. The van der Waals surface area contributed by atoms with Crippen molar-refractivity contribution < 1.29 is 27.4 Å². The maximum atomic E-state index is 12.5. The molecule has 2 aromatic rings. The summed E-state index contributed by atoms with van der Waals surface area (Å²) in [6.07, 6.45) is 1.23. The number of alkyl halides is 3. The van der Waals surface area contributed by atoms with Crippen molar-refractivity contribution in [3.05, 3.63) is 24.4 Å². The van der Waals surface area contributed by atoms with Crippen LogP contribution < -0.4 is 19.5 Å². The van der Waals surface area contributed by atoms with Gasteiger partial charge >= 0.3 is 6.36 Å². The molecule has 0 saturated heterocycles. The Morgan fingerprint density at radius 3 is 2.38 bits per heavy atom. The van der Waals surface area contributed by atoms with Crippen molar-refractivity contribution in [2.24, 2.45) is 5.92 Å². The molecule has 158 valence electrons. The summed E-state index contributed by atoms with van der Waals surface area (Å²) in [4.78, 5) is 8.79. The zero-order valence-corrected chi connectivity index (χ0v) is 16.5. The summed E-state index contributed by atoms with van der Waals surface area (Å²) >= 11 is 0. The number of aromatic nitrogens is 2. The predicted molar refractivity (Wildman–Crippen MR) is 102 cm³/mol. The van der Waals surface area contributed by atoms with Gasteiger partial charge in [-0.15, -0.1) is 13.2 Å². The first kappa shape index (κ1) is 21.0. The van der Waals surface area contributed by atoms with Gasteiger partial charge in [-0.1, -0.05) is 6.92 Å². The van der Waals surface area contributed by atoms with E-state index in [1.165, 1.54) is 26.4 Å². The number of methoxy groups -OCH3 is 2. The fourth-order valence-corrected chi connectivity index (χ4v) is 3.45. The summed E-state index contributed by atoms with van der Waals surface area (Å²) in [6, 6.07) is 4.14. The van der Waals surface area contributed by atoms with E-state index in [2.05, 4.69) is 26.9 Å². The largest absolute Gasteiger partial charge is 0.573 e. The van der Waals surface area contributed by atoms with E-state index in [4.69, 9.17) is 9.47 Å². The van der Waals surface area contributed by atoms with Crippen LogP contribution in [0, 0.1) is 5.92 Å². The fourth-order valence-electron chi connectivity index (χ4n) is 3.45. The predicted octanol–water partition coefficient (Wildman–Crippen LogP) is 5.05. The van der Waals surface area contributed by atoms with Gasteiger partial charge in [0.25, 0.3) is 0 Å². The van der Waals surface area contributed by atoms with E-state index in [1.807, 2.05) is 0 Å². The van der Waals surface area contributed by atoms with Gasteiger partial charge in [0.05, 0.1) is 19.8 Å². The van der Waals surface area contributed by atoms with Gasteiger partial charge in [-0.25, -0.2) is 4.98 Å². The quantitative estimate of drug-likeness (QED) is 0.718. The van der Waals surface area contributed by atoms with Crippen LogP contribution in [0.3, 0.4) is 0 Å². The minimum absolute atomic E-state index is 0.190. The summed E-state index contributed by atoms with van der Waals surface area (Å²) in [5.74, 6) is 1.32. The summed E-state index contributed by atoms with van der Waals surface area (Å²) in [5.41, 5.74) is 1.00. The Morgan fingerprint density at radius 2 is 1.76 bits per heavy atom. The Balaban J connectivity index is 1.84. The van der Waals surface area contributed by atoms with Crippen molar-refractivity contribution in [1.29, 1.82) is 0 Å². The van der Waals surface area contributed by atoms with Crippen LogP contribution in [0.1, 0.15) is 32.6 Å². The van der Waals surface area contributed by atoms with Crippen LogP contribution in [0.15, 0.2) is 24.4 Å². The zero-order valence-electron chi connectivity index (χ0n) is 16.5. The van der Waals surface area contributed by atoms with Crippen LogP contribution in [0.5, 0.6) is 17.4 Å². The number of hydrogen-bond donors (Lipinski definition) is 1. The molecule has 0 bridgehead atoms. The molecule has 0 spiro atoms. The third-order valence-corrected chi connectivity index (χ3v) is 4.99.